The van der Waals surface area contributed by atoms with Gasteiger partial charge in [-0.15, -0.1) is 0 Å². The highest BCUT2D eigenvalue weighted by Gasteiger charge is 2.13. The van der Waals surface area contributed by atoms with Crippen molar-refractivity contribution in [2.24, 2.45) is 0 Å². The molecule has 0 atom stereocenters. The third-order valence-corrected chi connectivity index (χ3v) is 3.94. The lowest BCUT2D eigenvalue weighted by Crippen LogP contribution is -2.41. The molecule has 1 aromatic carbocycles. The normalized spacial score (nSPS) is 10.5. The van der Waals surface area contributed by atoms with E-state index >= 15 is 0 Å². The number of rotatable bonds is 8. The molecule has 0 unspecified atom stereocenters. The summed E-state index contributed by atoms with van der Waals surface area (Å²) in [6.45, 7) is -0.549. The minimum absolute atomic E-state index is 0.0633. The average Bonchev–Trinajstić information content (AvgIpc) is 2.65. The number of benzene rings is 1. The van der Waals surface area contributed by atoms with Gasteiger partial charge < -0.3 is 16.0 Å². The van der Waals surface area contributed by atoms with Crippen LogP contribution in [-0.2, 0) is 14.4 Å². The predicted molar refractivity (Wildman–Crippen MR) is 106 cm³/mol. The summed E-state index contributed by atoms with van der Waals surface area (Å²) >= 11 is 3.24. The van der Waals surface area contributed by atoms with Gasteiger partial charge in [0.05, 0.1) is 19.6 Å². The molecule has 8 nitrogen and oxygen atoms in total. The summed E-state index contributed by atoms with van der Waals surface area (Å²) in [6, 6.07) is 6.27. The Morgan fingerprint density at radius 2 is 1.72 bits per heavy atom. The van der Waals surface area contributed by atoms with Crippen molar-refractivity contribution in [3.05, 3.63) is 52.6 Å². The maximum atomic E-state index is 13.1. The van der Waals surface area contributed by atoms with Gasteiger partial charge in [-0.2, -0.15) is 0 Å². The van der Waals surface area contributed by atoms with Gasteiger partial charge in [0, 0.05) is 22.4 Å². The molecule has 0 radical (unpaired) electrons. The number of carbonyl (C=O) groups is 3. The van der Waals surface area contributed by atoms with Crippen LogP contribution in [0.4, 0.5) is 20.3 Å². The molecule has 0 aliphatic rings. The lowest BCUT2D eigenvalue weighted by Gasteiger charge is -2.15. The Bertz CT molecular complexity index is 896. The molecule has 1 aromatic heterocycles. The van der Waals surface area contributed by atoms with E-state index in [0.29, 0.717) is 5.82 Å². The van der Waals surface area contributed by atoms with Crippen molar-refractivity contribution in [1.82, 2.24) is 15.2 Å². The number of carbonyl (C=O) groups excluding carboxylic acids is 3. The average molecular weight is 470 g/mol. The molecule has 0 fully saturated rings. The maximum absolute atomic E-state index is 13.1. The predicted octanol–water partition coefficient (Wildman–Crippen LogP) is 1.75. The minimum Gasteiger partial charge on any atom is -0.346 e. The lowest BCUT2D eigenvalue weighted by molar-refractivity contribution is -0.125. The number of pyridine rings is 1. The molecule has 3 N–H and O–H groups in total. The molecule has 0 aliphatic heterocycles. The van der Waals surface area contributed by atoms with E-state index in [2.05, 4.69) is 36.9 Å². The van der Waals surface area contributed by atoms with Crippen LogP contribution in [0, 0.1) is 11.6 Å². The number of nitrogens with one attached hydrogen (secondary N) is 3. The van der Waals surface area contributed by atoms with Crippen LogP contribution in [0.15, 0.2) is 41.0 Å². The van der Waals surface area contributed by atoms with Crippen LogP contribution in [0.3, 0.4) is 0 Å². The summed E-state index contributed by atoms with van der Waals surface area (Å²) in [5.41, 5.74) is 0.0680. The van der Waals surface area contributed by atoms with E-state index in [0.717, 1.165) is 16.6 Å². The summed E-state index contributed by atoms with van der Waals surface area (Å²) in [5.74, 6) is -3.19. The number of hydrogen-bond acceptors (Lipinski definition) is 5. The lowest BCUT2D eigenvalue weighted by atomic mass is 10.3. The van der Waals surface area contributed by atoms with Gasteiger partial charge in [-0.25, -0.2) is 13.8 Å². The largest absolute Gasteiger partial charge is 0.346 e. The monoisotopic (exact) mass is 469 g/mol. The van der Waals surface area contributed by atoms with Crippen molar-refractivity contribution in [2.75, 3.05) is 37.3 Å². The van der Waals surface area contributed by atoms with E-state index in [4.69, 9.17) is 0 Å². The Balaban J connectivity index is 1.70. The van der Waals surface area contributed by atoms with Gasteiger partial charge in [-0.1, -0.05) is 0 Å². The van der Waals surface area contributed by atoms with E-state index in [1.165, 1.54) is 17.2 Å². The topological polar surface area (TPSA) is 103 Å². The Hall–Kier alpha value is -2.92. The summed E-state index contributed by atoms with van der Waals surface area (Å²) in [6.07, 6.45) is 1.54. The Labute approximate surface area is 173 Å². The molecule has 0 saturated carbocycles. The van der Waals surface area contributed by atoms with Crippen LogP contribution in [0.5, 0.6) is 0 Å². The molecule has 11 heteroatoms. The zero-order chi connectivity index (χ0) is 21.4. The van der Waals surface area contributed by atoms with Crippen LogP contribution in [0.2, 0.25) is 0 Å². The molecular formula is C18H18BrF2N5O3. The number of amides is 3. The number of likely N-dealkylation sites (N-methyl/N-ethyl adjacent to an activating group) is 1. The first kappa shape index (κ1) is 22.4. The minimum atomic E-state index is -1.09. The van der Waals surface area contributed by atoms with Gasteiger partial charge in [0.15, 0.2) is 11.6 Å². The van der Waals surface area contributed by atoms with E-state index in [1.54, 1.807) is 19.2 Å². The van der Waals surface area contributed by atoms with Gasteiger partial charge in [0.2, 0.25) is 17.7 Å². The van der Waals surface area contributed by atoms with Crippen molar-refractivity contribution in [1.29, 1.82) is 0 Å². The van der Waals surface area contributed by atoms with Gasteiger partial charge in [0.25, 0.3) is 0 Å². The second-order valence-electron chi connectivity index (χ2n) is 6.04. The third kappa shape index (κ3) is 7.92. The number of halogens is 3. The van der Waals surface area contributed by atoms with Crippen molar-refractivity contribution in [2.45, 2.75) is 0 Å². The fraction of sp³-hybridized carbons (Fsp3) is 0.222. The zero-order valence-corrected chi connectivity index (χ0v) is 16.9. The van der Waals surface area contributed by atoms with Gasteiger partial charge in [-0.3, -0.25) is 19.3 Å². The SMILES string of the molecule is CN(CC(=O)NCC(=O)Nc1ccc(F)c(F)c1)CC(=O)Nc1ccc(Br)cn1. The zero-order valence-electron chi connectivity index (χ0n) is 15.3. The molecule has 1 heterocycles. The second-order valence-corrected chi connectivity index (χ2v) is 6.95. The van der Waals surface area contributed by atoms with Gasteiger partial charge in [-0.05, 0) is 47.2 Å². The van der Waals surface area contributed by atoms with Crippen molar-refractivity contribution in [3.63, 3.8) is 0 Å². The smallest absolute Gasteiger partial charge is 0.243 e. The Morgan fingerprint density at radius 3 is 2.38 bits per heavy atom. The summed E-state index contributed by atoms with van der Waals surface area (Å²) in [7, 11) is 1.57. The number of anilines is 2. The molecule has 0 aliphatic carbocycles. The fourth-order valence-corrected chi connectivity index (χ4v) is 2.43. The summed E-state index contributed by atoms with van der Waals surface area (Å²) < 4.78 is 26.7. The van der Waals surface area contributed by atoms with Gasteiger partial charge in [0.1, 0.15) is 5.82 Å². The van der Waals surface area contributed by atoms with E-state index in [-0.39, 0.29) is 31.2 Å². The van der Waals surface area contributed by atoms with Gasteiger partial charge >= 0.3 is 0 Å². The molecule has 3 amide bonds. The molecule has 2 aromatic rings. The highest BCUT2D eigenvalue weighted by atomic mass is 79.9. The second kappa shape index (κ2) is 10.6. The molecule has 0 saturated heterocycles. The van der Waals surface area contributed by atoms with Crippen LogP contribution < -0.4 is 16.0 Å². The van der Waals surface area contributed by atoms with Crippen LogP contribution in [0.25, 0.3) is 0 Å². The molecule has 0 bridgehead atoms. The number of nitrogens with zero attached hydrogens (tertiary/aromatic N) is 2. The third-order valence-electron chi connectivity index (χ3n) is 3.47. The first-order valence-corrected chi connectivity index (χ1v) is 9.14. The highest BCUT2D eigenvalue weighted by Crippen LogP contribution is 2.13. The quantitative estimate of drug-likeness (QED) is 0.546. The standard InChI is InChI=1S/C18H18BrF2N5O3/c1-26(10-18(29)25-15-5-2-11(19)7-22-15)9-17(28)23-8-16(27)24-12-3-4-13(20)14(21)6-12/h2-7H,8-10H2,1H3,(H,23,28)(H,24,27)(H,22,25,29). The molecule has 2 rings (SSSR count). The van der Waals surface area contributed by atoms with Crippen molar-refractivity contribution < 1.29 is 23.2 Å². The van der Waals surface area contributed by atoms with E-state index in [1.807, 2.05) is 0 Å². The first-order chi connectivity index (χ1) is 13.7. The first-order valence-electron chi connectivity index (χ1n) is 8.34. The molecule has 154 valence electrons. The Kier molecular flexibility index (Phi) is 8.16. The van der Waals surface area contributed by atoms with Crippen LogP contribution in [-0.4, -0.2) is 54.3 Å². The molecule has 0 spiro atoms. The highest BCUT2D eigenvalue weighted by molar-refractivity contribution is 9.10. The van der Waals surface area contributed by atoms with E-state index in [9.17, 15) is 23.2 Å². The Morgan fingerprint density at radius 1 is 1.00 bits per heavy atom. The number of aromatic nitrogens is 1. The molecule has 29 heavy (non-hydrogen) atoms. The van der Waals surface area contributed by atoms with Crippen LogP contribution in [0.1, 0.15) is 0 Å². The summed E-state index contributed by atoms with van der Waals surface area (Å²) in [5, 5.41) is 7.31. The fourth-order valence-electron chi connectivity index (χ4n) is 2.19. The molecular weight excluding hydrogens is 452 g/mol. The number of hydrogen-bond donors (Lipinski definition) is 3. The van der Waals surface area contributed by atoms with Crippen molar-refractivity contribution in [3.8, 4) is 0 Å². The van der Waals surface area contributed by atoms with Crippen LogP contribution >= 0.6 is 15.9 Å². The maximum Gasteiger partial charge on any atom is 0.243 e. The summed E-state index contributed by atoms with van der Waals surface area (Å²) in [4.78, 5) is 41.1. The van der Waals surface area contributed by atoms with Crippen molar-refractivity contribution >= 4 is 45.2 Å². The van der Waals surface area contributed by atoms with E-state index < -0.39 is 23.4 Å².